The van der Waals surface area contributed by atoms with Crippen LogP contribution in [0.1, 0.15) is 45.6 Å². The van der Waals surface area contributed by atoms with Crippen LogP contribution in [-0.4, -0.2) is 36.0 Å². The van der Waals surface area contributed by atoms with Gasteiger partial charge in [-0.05, 0) is 11.8 Å². The molecule has 3 N–H and O–H groups in total. The fraction of sp³-hybridized carbons (Fsp3) is 0.667. The Morgan fingerprint density at radius 1 is 1.19 bits per heavy atom. The number of amides is 1. The maximum atomic E-state index is 11.7. The van der Waals surface area contributed by atoms with Crippen LogP contribution < -0.4 is 16.0 Å². The fourth-order valence-electron chi connectivity index (χ4n) is 1.98. The van der Waals surface area contributed by atoms with Crippen LogP contribution in [0.25, 0.3) is 0 Å². The van der Waals surface area contributed by atoms with Gasteiger partial charge in [-0.1, -0.05) is 27.7 Å². The van der Waals surface area contributed by atoms with E-state index in [4.69, 9.17) is 0 Å². The Kier molecular flexibility index (Phi) is 6.91. The highest BCUT2D eigenvalue weighted by Gasteiger charge is 2.14. The molecule has 6 heteroatoms. The van der Waals surface area contributed by atoms with Crippen LogP contribution in [-0.2, 0) is 4.79 Å². The van der Waals surface area contributed by atoms with E-state index in [9.17, 15) is 4.79 Å². The molecule has 0 fully saturated rings. The third kappa shape index (κ3) is 5.57. The van der Waals surface area contributed by atoms with Gasteiger partial charge in [0, 0.05) is 32.1 Å². The molecule has 0 bridgehead atoms. The lowest BCUT2D eigenvalue weighted by Gasteiger charge is -2.16. The highest BCUT2D eigenvalue weighted by Crippen LogP contribution is 2.27. The van der Waals surface area contributed by atoms with E-state index in [-0.39, 0.29) is 5.91 Å². The first-order chi connectivity index (χ1) is 9.95. The molecule has 0 aromatic carbocycles. The Morgan fingerprint density at radius 3 is 2.43 bits per heavy atom. The number of nitrogens with zero attached hydrogens (tertiary/aromatic N) is 2. The summed E-state index contributed by atoms with van der Waals surface area (Å²) < 4.78 is 0. The molecule has 0 spiro atoms. The zero-order valence-corrected chi connectivity index (χ0v) is 13.7. The number of hydrogen-bond donors (Lipinski definition) is 3. The molecular weight excluding hydrogens is 266 g/mol. The lowest BCUT2D eigenvalue weighted by Crippen LogP contribution is -2.28. The van der Waals surface area contributed by atoms with Gasteiger partial charge in [-0.15, -0.1) is 0 Å². The van der Waals surface area contributed by atoms with E-state index in [2.05, 4.69) is 53.6 Å². The SMILES string of the molecule is CNc1ncnc(NCCC(=O)NCC(C)C)c1C(C)C. The zero-order chi connectivity index (χ0) is 15.8. The first kappa shape index (κ1) is 17.2. The summed E-state index contributed by atoms with van der Waals surface area (Å²) in [4.78, 5) is 20.2. The van der Waals surface area contributed by atoms with Crippen molar-refractivity contribution in [2.24, 2.45) is 5.92 Å². The highest BCUT2D eigenvalue weighted by atomic mass is 16.1. The maximum absolute atomic E-state index is 11.7. The number of aromatic nitrogens is 2. The molecule has 21 heavy (non-hydrogen) atoms. The van der Waals surface area contributed by atoms with Gasteiger partial charge in [0.15, 0.2) is 0 Å². The standard InChI is InChI=1S/C15H27N5O/c1-10(2)8-18-12(21)6-7-17-15-13(11(3)4)14(16-5)19-9-20-15/h9-11H,6-8H2,1-5H3,(H,18,21)(H2,16,17,19,20). The van der Waals surface area contributed by atoms with Gasteiger partial charge in [0.2, 0.25) is 5.91 Å². The summed E-state index contributed by atoms with van der Waals surface area (Å²) in [6.45, 7) is 9.62. The van der Waals surface area contributed by atoms with Gasteiger partial charge in [0.25, 0.3) is 0 Å². The minimum Gasteiger partial charge on any atom is -0.373 e. The molecule has 1 aromatic rings. The number of rotatable bonds is 8. The summed E-state index contributed by atoms with van der Waals surface area (Å²) in [5.74, 6) is 2.44. The van der Waals surface area contributed by atoms with Crippen molar-refractivity contribution in [2.45, 2.75) is 40.0 Å². The first-order valence-electron chi connectivity index (χ1n) is 7.48. The van der Waals surface area contributed by atoms with E-state index in [0.29, 0.717) is 31.3 Å². The molecular formula is C15H27N5O. The third-order valence-corrected chi connectivity index (χ3v) is 3.05. The highest BCUT2D eigenvalue weighted by molar-refractivity contribution is 5.76. The number of nitrogens with one attached hydrogen (secondary N) is 3. The molecule has 0 aliphatic carbocycles. The second-order valence-corrected chi connectivity index (χ2v) is 5.76. The maximum Gasteiger partial charge on any atom is 0.221 e. The predicted octanol–water partition coefficient (Wildman–Crippen LogP) is 2.22. The topological polar surface area (TPSA) is 78.9 Å². The largest absolute Gasteiger partial charge is 0.373 e. The summed E-state index contributed by atoms with van der Waals surface area (Å²) in [7, 11) is 1.84. The molecule has 0 radical (unpaired) electrons. The molecule has 1 amide bonds. The molecule has 0 atom stereocenters. The average molecular weight is 293 g/mol. The minimum absolute atomic E-state index is 0.0604. The average Bonchev–Trinajstić information content (AvgIpc) is 2.44. The normalized spacial score (nSPS) is 10.8. The van der Waals surface area contributed by atoms with Gasteiger partial charge in [0.05, 0.1) is 0 Å². The van der Waals surface area contributed by atoms with Gasteiger partial charge < -0.3 is 16.0 Å². The Balaban J connectivity index is 2.57. The van der Waals surface area contributed by atoms with Crippen molar-refractivity contribution >= 4 is 17.5 Å². The van der Waals surface area contributed by atoms with E-state index in [1.807, 2.05) is 7.05 Å². The third-order valence-electron chi connectivity index (χ3n) is 3.05. The second-order valence-electron chi connectivity index (χ2n) is 5.76. The summed E-state index contributed by atoms with van der Waals surface area (Å²) in [5, 5.41) is 9.22. The Hall–Kier alpha value is -1.85. The summed E-state index contributed by atoms with van der Waals surface area (Å²) in [6.07, 6.45) is 1.96. The predicted molar refractivity (Wildman–Crippen MR) is 86.6 cm³/mol. The minimum atomic E-state index is 0.0604. The van der Waals surface area contributed by atoms with Gasteiger partial charge in [0.1, 0.15) is 18.0 Å². The Morgan fingerprint density at radius 2 is 1.86 bits per heavy atom. The molecule has 1 heterocycles. The lowest BCUT2D eigenvalue weighted by atomic mass is 10.0. The Labute approximate surface area is 127 Å². The summed E-state index contributed by atoms with van der Waals surface area (Å²) in [5.41, 5.74) is 1.04. The van der Waals surface area contributed by atoms with E-state index in [1.165, 1.54) is 6.33 Å². The molecule has 1 rings (SSSR count). The van der Waals surface area contributed by atoms with Crippen molar-refractivity contribution in [2.75, 3.05) is 30.8 Å². The molecule has 6 nitrogen and oxygen atoms in total. The van der Waals surface area contributed by atoms with E-state index in [1.54, 1.807) is 0 Å². The quantitative estimate of drug-likeness (QED) is 0.685. The molecule has 0 saturated carbocycles. The molecule has 0 unspecified atom stereocenters. The molecule has 0 aliphatic rings. The second kappa shape index (κ2) is 8.44. The number of carbonyl (C=O) groups is 1. The number of anilines is 2. The molecule has 118 valence electrons. The lowest BCUT2D eigenvalue weighted by molar-refractivity contribution is -0.120. The van der Waals surface area contributed by atoms with Gasteiger partial charge in [-0.25, -0.2) is 9.97 Å². The summed E-state index contributed by atoms with van der Waals surface area (Å²) >= 11 is 0. The van der Waals surface area contributed by atoms with E-state index >= 15 is 0 Å². The van der Waals surface area contributed by atoms with Crippen molar-refractivity contribution in [3.8, 4) is 0 Å². The number of hydrogen-bond acceptors (Lipinski definition) is 5. The van der Waals surface area contributed by atoms with Gasteiger partial charge in [-0.3, -0.25) is 4.79 Å². The molecule has 0 aliphatic heterocycles. The zero-order valence-electron chi connectivity index (χ0n) is 13.7. The van der Waals surface area contributed by atoms with Crippen molar-refractivity contribution in [3.05, 3.63) is 11.9 Å². The molecule has 1 aromatic heterocycles. The van der Waals surface area contributed by atoms with Gasteiger partial charge in [-0.2, -0.15) is 0 Å². The van der Waals surface area contributed by atoms with Crippen molar-refractivity contribution in [1.82, 2.24) is 15.3 Å². The Bertz CT molecular complexity index is 459. The fourth-order valence-corrected chi connectivity index (χ4v) is 1.98. The van der Waals surface area contributed by atoms with Crippen molar-refractivity contribution in [3.63, 3.8) is 0 Å². The first-order valence-corrected chi connectivity index (χ1v) is 7.48. The van der Waals surface area contributed by atoms with Crippen LogP contribution in [0.5, 0.6) is 0 Å². The van der Waals surface area contributed by atoms with Gasteiger partial charge >= 0.3 is 0 Å². The van der Waals surface area contributed by atoms with Crippen molar-refractivity contribution in [1.29, 1.82) is 0 Å². The van der Waals surface area contributed by atoms with Crippen molar-refractivity contribution < 1.29 is 4.79 Å². The van der Waals surface area contributed by atoms with E-state index < -0.39 is 0 Å². The smallest absolute Gasteiger partial charge is 0.221 e. The van der Waals surface area contributed by atoms with Crippen LogP contribution in [0.2, 0.25) is 0 Å². The monoisotopic (exact) mass is 293 g/mol. The summed E-state index contributed by atoms with van der Waals surface area (Å²) in [6, 6.07) is 0. The van der Waals surface area contributed by atoms with Crippen LogP contribution in [0.4, 0.5) is 11.6 Å². The van der Waals surface area contributed by atoms with E-state index in [0.717, 1.165) is 17.2 Å². The van der Waals surface area contributed by atoms with Crippen LogP contribution in [0, 0.1) is 5.92 Å². The van der Waals surface area contributed by atoms with Crippen LogP contribution in [0.15, 0.2) is 6.33 Å². The molecule has 0 saturated heterocycles. The number of carbonyl (C=O) groups excluding carboxylic acids is 1. The van der Waals surface area contributed by atoms with Crippen LogP contribution >= 0.6 is 0 Å². The van der Waals surface area contributed by atoms with Crippen LogP contribution in [0.3, 0.4) is 0 Å².